The number of piperazine rings is 1. The topological polar surface area (TPSA) is 23.6 Å². The van der Waals surface area contributed by atoms with Crippen LogP contribution >= 0.6 is 0 Å². The van der Waals surface area contributed by atoms with E-state index < -0.39 is 0 Å². The molecule has 0 unspecified atom stereocenters. The van der Waals surface area contributed by atoms with Crippen molar-refractivity contribution in [3.05, 3.63) is 65.5 Å². The quantitative estimate of drug-likeness (QED) is 0.870. The summed E-state index contributed by atoms with van der Waals surface area (Å²) in [4.78, 5) is 16.3. The molecule has 1 aliphatic heterocycles. The summed E-state index contributed by atoms with van der Waals surface area (Å²) >= 11 is 0. The first-order chi connectivity index (χ1) is 11.1. The van der Waals surface area contributed by atoms with E-state index in [1.165, 1.54) is 6.07 Å². The standard InChI is InChI=1S/C19H21FN2O/c1-15-6-2-3-7-16(15)14-19(23)22-12-10-21(11-13-22)18-9-5-4-8-17(18)20/h2-9H,10-14H2,1H3. The minimum absolute atomic E-state index is 0.146. The molecule has 0 aromatic heterocycles. The van der Waals surface area contributed by atoms with Crippen molar-refractivity contribution in [1.29, 1.82) is 0 Å². The van der Waals surface area contributed by atoms with Crippen LogP contribution in [0.5, 0.6) is 0 Å². The summed E-state index contributed by atoms with van der Waals surface area (Å²) in [5.41, 5.74) is 2.85. The Balaban J connectivity index is 1.60. The first-order valence-electron chi connectivity index (χ1n) is 7.97. The van der Waals surface area contributed by atoms with Crippen LogP contribution in [-0.4, -0.2) is 37.0 Å². The Morgan fingerprint density at radius 2 is 1.65 bits per heavy atom. The van der Waals surface area contributed by atoms with Gasteiger partial charge in [-0.05, 0) is 30.2 Å². The van der Waals surface area contributed by atoms with E-state index in [-0.39, 0.29) is 11.7 Å². The molecular weight excluding hydrogens is 291 g/mol. The van der Waals surface area contributed by atoms with E-state index in [4.69, 9.17) is 0 Å². The molecule has 0 bridgehead atoms. The molecule has 0 radical (unpaired) electrons. The number of nitrogens with zero attached hydrogens (tertiary/aromatic N) is 2. The van der Waals surface area contributed by atoms with Crippen molar-refractivity contribution in [2.75, 3.05) is 31.1 Å². The number of aryl methyl sites for hydroxylation is 1. The summed E-state index contributed by atoms with van der Waals surface area (Å²) in [7, 11) is 0. The average molecular weight is 312 g/mol. The predicted octanol–water partition coefficient (Wildman–Crippen LogP) is 3.03. The summed E-state index contributed by atoms with van der Waals surface area (Å²) in [6.45, 7) is 4.64. The molecule has 1 saturated heterocycles. The molecule has 4 heteroatoms. The van der Waals surface area contributed by atoms with Gasteiger partial charge in [0.2, 0.25) is 5.91 Å². The van der Waals surface area contributed by atoms with Gasteiger partial charge in [0, 0.05) is 26.2 Å². The van der Waals surface area contributed by atoms with Gasteiger partial charge >= 0.3 is 0 Å². The summed E-state index contributed by atoms with van der Waals surface area (Å²) in [6.07, 6.45) is 0.437. The summed E-state index contributed by atoms with van der Waals surface area (Å²) < 4.78 is 13.8. The van der Waals surface area contributed by atoms with Crippen LogP contribution in [-0.2, 0) is 11.2 Å². The van der Waals surface area contributed by atoms with E-state index in [9.17, 15) is 9.18 Å². The van der Waals surface area contributed by atoms with E-state index in [1.807, 2.05) is 47.1 Å². The Hall–Kier alpha value is -2.36. The summed E-state index contributed by atoms with van der Waals surface area (Å²) in [6, 6.07) is 14.8. The molecule has 0 spiro atoms. The number of rotatable bonds is 3. The Morgan fingerprint density at radius 3 is 2.35 bits per heavy atom. The third kappa shape index (κ3) is 3.52. The van der Waals surface area contributed by atoms with E-state index >= 15 is 0 Å². The third-order valence-electron chi connectivity index (χ3n) is 4.43. The van der Waals surface area contributed by atoms with Crippen LogP contribution in [0.2, 0.25) is 0 Å². The minimum Gasteiger partial charge on any atom is -0.366 e. The van der Waals surface area contributed by atoms with Crippen molar-refractivity contribution in [3.8, 4) is 0 Å². The highest BCUT2D eigenvalue weighted by molar-refractivity contribution is 5.79. The van der Waals surface area contributed by atoms with Crippen molar-refractivity contribution in [2.24, 2.45) is 0 Å². The number of hydrogen-bond acceptors (Lipinski definition) is 2. The van der Waals surface area contributed by atoms with Crippen LogP contribution in [0.4, 0.5) is 10.1 Å². The van der Waals surface area contributed by atoms with Crippen LogP contribution in [0.15, 0.2) is 48.5 Å². The molecule has 2 aromatic rings. The van der Waals surface area contributed by atoms with Crippen molar-refractivity contribution < 1.29 is 9.18 Å². The van der Waals surface area contributed by atoms with E-state index in [0.29, 0.717) is 38.3 Å². The van der Waals surface area contributed by atoms with E-state index in [1.54, 1.807) is 12.1 Å². The zero-order valence-corrected chi connectivity index (χ0v) is 13.3. The Bertz CT molecular complexity index is 693. The van der Waals surface area contributed by atoms with Gasteiger partial charge in [0.1, 0.15) is 5.82 Å². The fraction of sp³-hybridized carbons (Fsp3) is 0.316. The van der Waals surface area contributed by atoms with E-state index in [2.05, 4.69) is 0 Å². The van der Waals surface area contributed by atoms with Gasteiger partial charge in [-0.3, -0.25) is 4.79 Å². The third-order valence-corrected chi connectivity index (χ3v) is 4.43. The number of halogens is 1. The van der Waals surface area contributed by atoms with Crippen molar-refractivity contribution in [3.63, 3.8) is 0 Å². The smallest absolute Gasteiger partial charge is 0.227 e. The van der Waals surface area contributed by atoms with Crippen LogP contribution in [0.1, 0.15) is 11.1 Å². The average Bonchev–Trinajstić information content (AvgIpc) is 2.57. The number of carbonyl (C=O) groups excluding carboxylic acids is 1. The molecule has 0 aliphatic carbocycles. The van der Waals surface area contributed by atoms with E-state index in [0.717, 1.165) is 11.1 Å². The van der Waals surface area contributed by atoms with Gasteiger partial charge in [0.25, 0.3) is 0 Å². The molecule has 2 aromatic carbocycles. The molecule has 0 N–H and O–H groups in total. The first-order valence-corrected chi connectivity index (χ1v) is 7.97. The molecule has 23 heavy (non-hydrogen) atoms. The molecule has 1 fully saturated rings. The van der Waals surface area contributed by atoms with Crippen molar-refractivity contribution in [1.82, 2.24) is 4.90 Å². The Kier molecular flexibility index (Phi) is 4.60. The fourth-order valence-corrected chi connectivity index (χ4v) is 2.99. The lowest BCUT2D eigenvalue weighted by Gasteiger charge is -2.36. The number of carbonyl (C=O) groups is 1. The van der Waals surface area contributed by atoms with Crippen molar-refractivity contribution in [2.45, 2.75) is 13.3 Å². The molecule has 3 nitrogen and oxygen atoms in total. The molecule has 1 heterocycles. The molecule has 120 valence electrons. The monoisotopic (exact) mass is 312 g/mol. The number of hydrogen-bond donors (Lipinski definition) is 0. The Morgan fingerprint density at radius 1 is 1.00 bits per heavy atom. The second-order valence-corrected chi connectivity index (χ2v) is 5.92. The van der Waals surface area contributed by atoms with Gasteiger partial charge in [0.15, 0.2) is 0 Å². The second kappa shape index (κ2) is 6.82. The molecular formula is C19H21FN2O. The maximum absolute atomic E-state index is 13.8. The van der Waals surface area contributed by atoms with Crippen molar-refractivity contribution >= 4 is 11.6 Å². The predicted molar refractivity (Wildman–Crippen MR) is 90.1 cm³/mol. The zero-order chi connectivity index (χ0) is 16.2. The molecule has 0 saturated carbocycles. The highest BCUT2D eigenvalue weighted by Gasteiger charge is 2.22. The maximum atomic E-state index is 13.8. The van der Waals surface area contributed by atoms with Crippen LogP contribution in [0, 0.1) is 12.7 Å². The lowest BCUT2D eigenvalue weighted by Crippen LogP contribution is -2.49. The van der Waals surface area contributed by atoms with Gasteiger partial charge in [0.05, 0.1) is 12.1 Å². The van der Waals surface area contributed by atoms with Gasteiger partial charge in [-0.1, -0.05) is 36.4 Å². The molecule has 0 atom stereocenters. The number of amides is 1. The molecule has 1 amide bonds. The largest absolute Gasteiger partial charge is 0.366 e. The van der Waals surface area contributed by atoms with Crippen LogP contribution in [0.25, 0.3) is 0 Å². The summed E-state index contributed by atoms with van der Waals surface area (Å²) in [5.74, 6) is -0.0559. The van der Waals surface area contributed by atoms with Crippen LogP contribution < -0.4 is 4.90 Å². The number of para-hydroxylation sites is 1. The second-order valence-electron chi connectivity index (χ2n) is 5.92. The highest BCUT2D eigenvalue weighted by Crippen LogP contribution is 2.20. The van der Waals surface area contributed by atoms with Gasteiger partial charge < -0.3 is 9.80 Å². The number of benzene rings is 2. The summed E-state index contributed by atoms with van der Waals surface area (Å²) in [5, 5.41) is 0. The SMILES string of the molecule is Cc1ccccc1CC(=O)N1CCN(c2ccccc2F)CC1. The highest BCUT2D eigenvalue weighted by atomic mass is 19.1. The minimum atomic E-state index is -0.202. The lowest BCUT2D eigenvalue weighted by molar-refractivity contribution is -0.130. The first kappa shape index (κ1) is 15.5. The van der Waals surface area contributed by atoms with Gasteiger partial charge in [-0.2, -0.15) is 0 Å². The van der Waals surface area contributed by atoms with Crippen LogP contribution in [0.3, 0.4) is 0 Å². The van der Waals surface area contributed by atoms with Gasteiger partial charge in [-0.15, -0.1) is 0 Å². The molecule has 1 aliphatic rings. The Labute approximate surface area is 136 Å². The maximum Gasteiger partial charge on any atom is 0.227 e. The van der Waals surface area contributed by atoms with Gasteiger partial charge in [-0.25, -0.2) is 4.39 Å². The molecule has 3 rings (SSSR count). The lowest BCUT2D eigenvalue weighted by atomic mass is 10.1. The zero-order valence-electron chi connectivity index (χ0n) is 13.3. The normalized spacial score (nSPS) is 14.9. The fourth-order valence-electron chi connectivity index (χ4n) is 2.99. The number of anilines is 1.